The first kappa shape index (κ1) is 20.8. The predicted octanol–water partition coefficient (Wildman–Crippen LogP) is 4.15. The second kappa shape index (κ2) is 8.34. The summed E-state index contributed by atoms with van der Waals surface area (Å²) in [5.74, 6) is -1.31. The molecule has 0 aliphatic carbocycles. The molecular formula is C20H18F3N5O3. The number of carboxylic acids is 1. The van der Waals surface area contributed by atoms with Crippen LogP contribution in [0.1, 0.15) is 34.8 Å². The van der Waals surface area contributed by atoms with Crippen LogP contribution in [0.25, 0.3) is 11.3 Å². The lowest BCUT2D eigenvalue weighted by Crippen LogP contribution is -2.19. The van der Waals surface area contributed by atoms with Crippen molar-refractivity contribution >= 4 is 17.6 Å². The van der Waals surface area contributed by atoms with E-state index in [1.54, 1.807) is 17.1 Å². The minimum absolute atomic E-state index is 0.0237. The number of anilines is 2. The topological polar surface area (TPSA) is 102 Å². The summed E-state index contributed by atoms with van der Waals surface area (Å²) < 4.78 is 47.7. The number of nitrogens with zero attached hydrogens (tertiary/aromatic N) is 4. The fraction of sp³-hybridized carbons (Fsp3) is 0.300. The standard InChI is InChI=1S/C20H18F3N5O3/c21-20(22,23)16-10-24-19(27-17(16)12-2-1-3-13(8-12)18(29)30)26-14-9-25-28(11-14)15-4-6-31-7-5-15/h1-3,8-11,15H,4-7H2,(H,29,30)(H,24,26,27). The molecule has 3 aromatic rings. The fourth-order valence-electron chi connectivity index (χ4n) is 3.35. The van der Waals surface area contributed by atoms with E-state index in [1.165, 1.54) is 18.2 Å². The number of aromatic nitrogens is 4. The molecule has 0 unspecified atom stereocenters. The van der Waals surface area contributed by atoms with Gasteiger partial charge in [-0.2, -0.15) is 18.3 Å². The Labute approximate surface area is 174 Å². The third-order valence-electron chi connectivity index (χ3n) is 4.90. The van der Waals surface area contributed by atoms with Gasteiger partial charge in [0.2, 0.25) is 5.95 Å². The van der Waals surface area contributed by atoms with Crippen molar-refractivity contribution in [2.75, 3.05) is 18.5 Å². The highest BCUT2D eigenvalue weighted by atomic mass is 19.4. The molecule has 1 aliphatic rings. The summed E-state index contributed by atoms with van der Waals surface area (Å²) in [6, 6.07) is 5.37. The average Bonchev–Trinajstić information content (AvgIpc) is 3.22. The summed E-state index contributed by atoms with van der Waals surface area (Å²) in [4.78, 5) is 19.0. The van der Waals surface area contributed by atoms with Gasteiger partial charge in [-0.25, -0.2) is 14.8 Å². The molecule has 1 aromatic carbocycles. The number of ether oxygens (including phenoxy) is 1. The van der Waals surface area contributed by atoms with Crippen molar-refractivity contribution in [3.8, 4) is 11.3 Å². The molecule has 8 nitrogen and oxygen atoms in total. The number of halogens is 3. The van der Waals surface area contributed by atoms with Crippen molar-refractivity contribution in [1.82, 2.24) is 19.7 Å². The van der Waals surface area contributed by atoms with Crippen LogP contribution in [0.4, 0.5) is 24.8 Å². The Kier molecular flexibility index (Phi) is 5.59. The summed E-state index contributed by atoms with van der Waals surface area (Å²) in [5, 5.41) is 16.3. The van der Waals surface area contributed by atoms with Gasteiger partial charge in [0.15, 0.2) is 0 Å². The zero-order chi connectivity index (χ0) is 22.0. The Hall–Kier alpha value is -3.47. The summed E-state index contributed by atoms with van der Waals surface area (Å²) in [6.07, 6.45) is 0.898. The maximum Gasteiger partial charge on any atom is 0.419 e. The van der Waals surface area contributed by atoms with E-state index in [0.717, 1.165) is 18.9 Å². The Morgan fingerprint density at radius 2 is 2.00 bits per heavy atom. The minimum atomic E-state index is -4.71. The molecule has 0 radical (unpaired) electrons. The zero-order valence-corrected chi connectivity index (χ0v) is 16.1. The fourth-order valence-corrected chi connectivity index (χ4v) is 3.35. The van der Waals surface area contributed by atoms with Crippen LogP contribution in [0.5, 0.6) is 0 Å². The van der Waals surface area contributed by atoms with Crippen molar-refractivity contribution in [1.29, 1.82) is 0 Å². The third-order valence-corrected chi connectivity index (χ3v) is 4.90. The van der Waals surface area contributed by atoms with Gasteiger partial charge < -0.3 is 15.2 Å². The highest BCUT2D eigenvalue weighted by molar-refractivity contribution is 5.89. The molecule has 31 heavy (non-hydrogen) atoms. The van der Waals surface area contributed by atoms with Crippen molar-refractivity contribution < 1.29 is 27.8 Å². The number of nitrogens with one attached hydrogen (secondary N) is 1. The number of alkyl halides is 3. The number of carbonyl (C=O) groups is 1. The van der Waals surface area contributed by atoms with Crippen LogP contribution < -0.4 is 5.32 Å². The number of carboxylic acid groups (broad SMARTS) is 1. The number of hydrogen-bond acceptors (Lipinski definition) is 6. The van der Waals surface area contributed by atoms with Crippen molar-refractivity contribution in [3.05, 3.63) is 54.0 Å². The Morgan fingerprint density at radius 3 is 2.71 bits per heavy atom. The van der Waals surface area contributed by atoms with Crippen LogP contribution in [-0.2, 0) is 10.9 Å². The zero-order valence-electron chi connectivity index (χ0n) is 16.1. The van der Waals surface area contributed by atoms with Crippen LogP contribution in [0.15, 0.2) is 42.9 Å². The molecule has 162 valence electrons. The predicted molar refractivity (Wildman–Crippen MR) is 104 cm³/mol. The molecule has 0 amide bonds. The monoisotopic (exact) mass is 433 g/mol. The first-order valence-corrected chi connectivity index (χ1v) is 9.48. The Bertz CT molecular complexity index is 1090. The van der Waals surface area contributed by atoms with Gasteiger partial charge in [-0.3, -0.25) is 4.68 Å². The summed E-state index contributed by atoms with van der Waals surface area (Å²) in [6.45, 7) is 1.29. The van der Waals surface area contributed by atoms with Gasteiger partial charge in [-0.15, -0.1) is 0 Å². The number of hydrogen-bond donors (Lipinski definition) is 2. The SMILES string of the molecule is O=C(O)c1cccc(-c2nc(Nc3cnn(C4CCOCC4)c3)ncc2C(F)(F)F)c1. The molecular weight excluding hydrogens is 415 g/mol. The lowest BCUT2D eigenvalue weighted by molar-refractivity contribution is -0.137. The van der Waals surface area contributed by atoms with Gasteiger partial charge in [0, 0.05) is 31.2 Å². The Morgan fingerprint density at radius 1 is 1.23 bits per heavy atom. The molecule has 0 spiro atoms. The molecule has 0 atom stereocenters. The smallest absolute Gasteiger partial charge is 0.419 e. The van der Waals surface area contributed by atoms with E-state index in [2.05, 4.69) is 20.4 Å². The van der Waals surface area contributed by atoms with Crippen molar-refractivity contribution in [2.45, 2.75) is 25.1 Å². The maximum absolute atomic E-state index is 13.5. The Balaban J connectivity index is 1.66. The third kappa shape index (κ3) is 4.66. The second-order valence-corrected chi connectivity index (χ2v) is 7.02. The van der Waals surface area contributed by atoms with Crippen LogP contribution >= 0.6 is 0 Å². The summed E-state index contributed by atoms with van der Waals surface area (Å²) in [5.41, 5.74) is -1.06. The van der Waals surface area contributed by atoms with E-state index >= 15 is 0 Å². The lowest BCUT2D eigenvalue weighted by atomic mass is 10.0. The molecule has 1 fully saturated rings. The lowest BCUT2D eigenvalue weighted by Gasteiger charge is -2.22. The maximum atomic E-state index is 13.5. The highest BCUT2D eigenvalue weighted by Gasteiger charge is 2.35. The normalized spacial score (nSPS) is 15.1. The first-order chi connectivity index (χ1) is 14.8. The van der Waals surface area contributed by atoms with E-state index < -0.39 is 23.4 Å². The molecule has 3 heterocycles. The second-order valence-electron chi connectivity index (χ2n) is 7.02. The van der Waals surface area contributed by atoms with Crippen LogP contribution in [0.2, 0.25) is 0 Å². The van der Waals surface area contributed by atoms with Gasteiger partial charge >= 0.3 is 12.1 Å². The van der Waals surface area contributed by atoms with Crippen LogP contribution in [-0.4, -0.2) is 44.0 Å². The van der Waals surface area contributed by atoms with Crippen LogP contribution in [0.3, 0.4) is 0 Å². The van der Waals surface area contributed by atoms with E-state index in [0.29, 0.717) is 25.1 Å². The van der Waals surface area contributed by atoms with E-state index in [1.807, 2.05) is 0 Å². The average molecular weight is 433 g/mol. The van der Waals surface area contributed by atoms with Crippen molar-refractivity contribution in [3.63, 3.8) is 0 Å². The van der Waals surface area contributed by atoms with E-state index in [9.17, 15) is 18.0 Å². The molecule has 2 N–H and O–H groups in total. The molecule has 11 heteroatoms. The van der Waals surface area contributed by atoms with Gasteiger partial charge in [0.05, 0.1) is 29.2 Å². The largest absolute Gasteiger partial charge is 0.478 e. The van der Waals surface area contributed by atoms with Crippen molar-refractivity contribution in [2.24, 2.45) is 0 Å². The van der Waals surface area contributed by atoms with Gasteiger partial charge in [0.1, 0.15) is 5.56 Å². The number of rotatable bonds is 5. The van der Waals surface area contributed by atoms with Gasteiger partial charge in [0.25, 0.3) is 0 Å². The summed E-state index contributed by atoms with van der Waals surface area (Å²) >= 11 is 0. The molecule has 1 aliphatic heterocycles. The first-order valence-electron chi connectivity index (χ1n) is 9.48. The molecule has 0 bridgehead atoms. The summed E-state index contributed by atoms with van der Waals surface area (Å²) in [7, 11) is 0. The molecule has 1 saturated heterocycles. The molecule has 4 rings (SSSR count). The quantitative estimate of drug-likeness (QED) is 0.623. The van der Waals surface area contributed by atoms with Gasteiger partial charge in [-0.1, -0.05) is 12.1 Å². The number of benzene rings is 1. The highest BCUT2D eigenvalue weighted by Crippen LogP contribution is 2.36. The van der Waals surface area contributed by atoms with E-state index in [-0.39, 0.29) is 23.1 Å². The van der Waals surface area contributed by atoms with Gasteiger partial charge in [-0.05, 0) is 25.0 Å². The van der Waals surface area contributed by atoms with Crippen LogP contribution in [0, 0.1) is 0 Å². The minimum Gasteiger partial charge on any atom is -0.478 e. The van der Waals surface area contributed by atoms with E-state index in [4.69, 9.17) is 9.84 Å². The number of aromatic carboxylic acids is 1. The molecule has 0 saturated carbocycles. The molecule has 2 aromatic heterocycles.